The zero-order valence-electron chi connectivity index (χ0n) is 79.1. The summed E-state index contributed by atoms with van der Waals surface area (Å²) in [6.07, 6.45) is 10.7. The van der Waals surface area contributed by atoms with Gasteiger partial charge >= 0.3 is 18.2 Å². The Kier molecular flexibility index (Phi) is 33.0. The number of aromatic nitrogens is 27. The first kappa shape index (κ1) is 99.3. The van der Waals surface area contributed by atoms with E-state index in [-0.39, 0.29) is 35.2 Å². The number of aryl methyl sites for hydroxylation is 4. The normalized spacial score (nSPS) is 12.3. The number of nitrogens with two attached hydrogens (primary N) is 1. The van der Waals surface area contributed by atoms with Gasteiger partial charge in [-0.2, -0.15) is 88.0 Å². The van der Waals surface area contributed by atoms with E-state index >= 15 is 0 Å². The number of benzene rings is 8. The minimum absolute atomic E-state index is 0.0503. The Morgan fingerprint density at radius 2 is 0.834 bits per heavy atom. The largest absolute Gasteiger partial charge is 0.394 e. The highest BCUT2D eigenvalue weighted by atomic mass is 35.5. The van der Waals surface area contributed by atoms with Crippen LogP contribution in [-0.4, -0.2) is 169 Å². The number of aliphatic hydroxyl groups is 1. The highest BCUT2D eigenvalue weighted by molar-refractivity contribution is 7.98. The third-order valence-corrected chi connectivity index (χ3v) is 24.0. The van der Waals surface area contributed by atoms with Gasteiger partial charge in [0.25, 0.3) is 0 Å². The molecule has 0 amide bonds. The van der Waals surface area contributed by atoms with Crippen LogP contribution in [0.15, 0.2) is 298 Å². The van der Waals surface area contributed by atoms with Crippen LogP contribution < -0.4 is 43.0 Å². The lowest BCUT2D eigenvalue weighted by Gasteiger charge is -2.18. The molecule has 0 spiro atoms. The van der Waals surface area contributed by atoms with E-state index in [0.717, 1.165) is 86.4 Å². The van der Waals surface area contributed by atoms with Gasteiger partial charge in [0.1, 0.15) is 38.9 Å². The topological polar surface area (TPSA) is 448 Å². The van der Waals surface area contributed by atoms with Gasteiger partial charge in [0.2, 0.25) is 22.5 Å². The fraction of sp³-hybridized carbons (Fsp3) is 0.176. The average Bonchev–Trinajstić information content (AvgIpc) is 1.63. The fourth-order valence-electron chi connectivity index (χ4n) is 15.4. The molecule has 37 nitrogen and oxygen atoms in total. The summed E-state index contributed by atoms with van der Waals surface area (Å²) in [5.41, 5.74) is 22.1. The second-order valence-electron chi connectivity index (χ2n) is 33.1. The molecule has 1 aliphatic rings. The molecule has 1 fully saturated rings. The molecule has 2 atom stereocenters. The van der Waals surface area contributed by atoms with Crippen LogP contribution in [0.25, 0.3) is 77.9 Å². The van der Waals surface area contributed by atoms with Crippen LogP contribution in [0, 0.1) is 18.2 Å². The number of H-pyrrole nitrogens is 2. The van der Waals surface area contributed by atoms with Gasteiger partial charge in [-0.25, -0.2) is 24.9 Å². The van der Waals surface area contributed by atoms with E-state index in [1.54, 1.807) is 41.6 Å². The molecule has 145 heavy (non-hydrogen) atoms. The van der Waals surface area contributed by atoms with Gasteiger partial charge in [-0.15, -0.1) is 0 Å². The Bertz CT molecular complexity index is 7650. The maximum absolute atomic E-state index is 13.9. The summed E-state index contributed by atoms with van der Waals surface area (Å²) < 4.78 is 49.7. The number of hydrogen-bond acceptors (Lipinski definition) is 31. The van der Waals surface area contributed by atoms with Crippen LogP contribution in [0.5, 0.6) is 0 Å². The van der Waals surface area contributed by atoms with E-state index < -0.39 is 18.2 Å². The number of nitrogens with zero attached hydrogens (tertiary/aromatic N) is 26. The van der Waals surface area contributed by atoms with Crippen molar-refractivity contribution < 1.29 is 18.3 Å². The molecule has 1 unspecified atom stereocenters. The van der Waals surface area contributed by atoms with Crippen molar-refractivity contribution in [3.05, 3.63) is 366 Å². The third kappa shape index (κ3) is 26.5. The molecule has 15 heterocycles. The Morgan fingerprint density at radius 3 is 1.37 bits per heavy atom. The molecule has 1 saturated heterocycles. The van der Waals surface area contributed by atoms with Gasteiger partial charge in [-0.05, 0) is 93.8 Å². The number of thioether (sulfide) groups is 1. The SMILES string of the molecule is CN1CCC(n2cnc3c(NCc4ccccc4)nc(F)nc32)C1.Cn1cc2c(NCc3ccccc3)nc(Cl)nc2n1.Cn1ccc2c(NCc3ccccc3)nc(N[C@H](CO)c3ccccc3)nc21.Cn1cnc2c(NCc3ccccc3)nc(Cl)nc21.Cn1cnc2c(SCc3ccccc3)nc(F)nc21.Fc1nc(NCc2ccccc2)c2[nH]cnc2n1.Nc1nc(NCc2ccccc2)c2[nH]cnc2n1. The summed E-state index contributed by atoms with van der Waals surface area (Å²) in [7, 11) is 9.55. The van der Waals surface area contributed by atoms with Crippen LogP contribution in [0.2, 0.25) is 10.6 Å². The van der Waals surface area contributed by atoms with E-state index in [1.807, 2.05) is 272 Å². The van der Waals surface area contributed by atoms with E-state index in [0.29, 0.717) is 124 Å². The maximum atomic E-state index is 13.9. The van der Waals surface area contributed by atoms with Gasteiger partial charge in [0, 0.05) is 92.2 Å². The zero-order chi connectivity index (χ0) is 100. The molecule has 0 saturated carbocycles. The van der Waals surface area contributed by atoms with Crippen LogP contribution >= 0.6 is 35.0 Å². The number of nitrogens with one attached hydrogen (secondary N) is 9. The summed E-state index contributed by atoms with van der Waals surface area (Å²) in [6, 6.07) is 82.0. The fourth-order valence-corrected chi connectivity index (χ4v) is 16.7. The molecule has 23 rings (SSSR count). The number of fused-ring (bicyclic) bond motifs is 7. The molecule has 43 heteroatoms. The Labute approximate surface area is 842 Å². The second kappa shape index (κ2) is 48.3. The number of likely N-dealkylation sites (N-methyl/N-ethyl adjacent to an activating group) is 1. The Hall–Kier alpha value is -17.3. The number of likely N-dealkylation sites (tertiary alicyclic amines) is 1. The summed E-state index contributed by atoms with van der Waals surface area (Å²) in [6.45, 7) is 5.70. The van der Waals surface area contributed by atoms with E-state index in [9.17, 15) is 18.3 Å². The predicted octanol–water partition coefficient (Wildman–Crippen LogP) is 17.9. The predicted molar refractivity (Wildman–Crippen MR) is 560 cm³/mol. The first-order chi connectivity index (χ1) is 70.8. The smallest absolute Gasteiger partial charge is 0.312 e. The van der Waals surface area contributed by atoms with Crippen LogP contribution in [0.1, 0.15) is 63.0 Å². The van der Waals surface area contributed by atoms with E-state index in [4.69, 9.17) is 28.9 Å². The minimum atomic E-state index is -0.787. The molecule has 22 aromatic rings. The zero-order valence-corrected chi connectivity index (χ0v) is 81.4. The molecule has 0 bridgehead atoms. The Morgan fingerprint density at radius 1 is 0.407 bits per heavy atom. The van der Waals surface area contributed by atoms with Crippen molar-refractivity contribution in [2.45, 2.75) is 68.6 Å². The quantitative estimate of drug-likeness (QED) is 0.0136. The molecule has 12 N–H and O–H groups in total. The number of nitrogen functional groups attached to an aromatic ring is 1. The van der Waals surface area contributed by atoms with Crippen LogP contribution in [-0.2, 0) is 73.2 Å². The summed E-state index contributed by atoms with van der Waals surface area (Å²) in [5.74, 6) is 5.05. The number of anilines is 8. The van der Waals surface area contributed by atoms with Crippen LogP contribution in [0.4, 0.5) is 60.0 Å². The molecular weight excluding hydrogens is 1910 g/mol. The third-order valence-electron chi connectivity index (χ3n) is 22.7. The molecule has 734 valence electrons. The van der Waals surface area contributed by atoms with Crippen molar-refractivity contribution >= 4 is 160 Å². The number of aliphatic hydroxyl groups excluding tert-OH is 1. The number of halogens is 5. The summed E-state index contributed by atoms with van der Waals surface area (Å²) in [5, 5.41) is 39.6. The van der Waals surface area contributed by atoms with Crippen molar-refractivity contribution in [1.82, 2.24) is 138 Å². The number of hydrogen-bond donors (Lipinski definition) is 11. The summed E-state index contributed by atoms with van der Waals surface area (Å²) >= 11 is 13.3. The average molecular weight is 2010 g/mol. The minimum Gasteiger partial charge on any atom is -0.394 e. The van der Waals surface area contributed by atoms with Crippen molar-refractivity contribution in [3.63, 3.8) is 0 Å². The molecule has 8 aromatic carbocycles. The van der Waals surface area contributed by atoms with Gasteiger partial charge in [-0.3, -0.25) is 4.68 Å². The lowest BCUT2D eigenvalue weighted by molar-refractivity contribution is 0.276. The number of imidazole rings is 5. The first-order valence-electron chi connectivity index (χ1n) is 45.9. The van der Waals surface area contributed by atoms with Crippen molar-refractivity contribution in [1.29, 1.82) is 0 Å². The maximum Gasteiger partial charge on any atom is 0.312 e. The number of aromatic amines is 2. The van der Waals surface area contributed by atoms with E-state index in [2.05, 4.69) is 183 Å². The van der Waals surface area contributed by atoms with Crippen molar-refractivity contribution in [3.8, 4) is 0 Å². The lowest BCUT2D eigenvalue weighted by Crippen LogP contribution is -2.17. The second-order valence-corrected chi connectivity index (χ2v) is 34.7. The van der Waals surface area contributed by atoms with Gasteiger partial charge in [-0.1, -0.05) is 254 Å². The lowest BCUT2D eigenvalue weighted by atomic mass is 10.1. The standard InChI is InChI=1S/C22H23N5O.C17H19FN6.2C13H12ClN5.C13H11FN4S.C12H10FN5.C12H12N6/c1-27-13-12-18-20(23-14-16-8-4-2-5-9-16)25-22(26-21(18)27)24-19(15-28)17-10-6-3-7-11-17;1-23-8-7-13(10-23)24-11-20-14-15(21-17(18)22-16(14)24)19-9-12-5-3-2-4-6-12;1-19-8-16-10-11(17-13(14)18-12(10)19)15-7-9-5-3-2-4-6-9;1-19-8-10-11(16-13(14)17-12(10)18-19)15-7-9-5-3-2-4-6-9;1-18-8-15-10-11(18)16-13(14)17-12(10)19-7-9-5-3-2-4-6-9;2*13-12-17-10(9-11(18-12)16-7-15-9)14-6-8-4-2-1-3-5-8/h2-13,19,28H,14-15H2,1H3,(H2,23,24,25,26);2-6,11,13H,7-10H2,1H3,(H,19,21,22);2-6,8H,7H2,1H3,(H,15,17,18);2-6,8H,7H2,1H3,(H,15,16,17,18);2-6,8H,7H2,1H3;1-5,7H,6H2,(H2,14,15,16,17,18);1-5,7H,6H2,(H4,13,14,15,16,17,18)/t19-;;;;;;/m1....../s1. The monoisotopic (exact) mass is 2000 g/mol. The van der Waals surface area contributed by atoms with Crippen LogP contribution in [0.3, 0.4) is 0 Å². The molecule has 1 aliphatic heterocycles. The van der Waals surface area contributed by atoms with Crippen molar-refractivity contribution in [2.24, 2.45) is 28.2 Å². The van der Waals surface area contributed by atoms with Gasteiger partial charge < -0.3 is 81.2 Å². The highest BCUT2D eigenvalue weighted by Crippen LogP contribution is 2.33. The first-order valence-corrected chi connectivity index (χ1v) is 47.6. The van der Waals surface area contributed by atoms with Crippen molar-refractivity contribution in [2.75, 3.05) is 69.7 Å². The molecule has 0 aliphatic carbocycles. The van der Waals surface area contributed by atoms with E-state index in [1.165, 1.54) is 40.3 Å². The van der Waals surface area contributed by atoms with Gasteiger partial charge in [0.05, 0.1) is 61.1 Å². The van der Waals surface area contributed by atoms with Gasteiger partial charge in [0.15, 0.2) is 68.2 Å². The molecule has 0 radical (unpaired) electrons. The summed E-state index contributed by atoms with van der Waals surface area (Å²) in [4.78, 5) is 86.1. The number of rotatable bonds is 26. The Balaban J connectivity index is 0.000000117. The molecular formula is C102H99Cl2F3N36OS. The highest BCUT2D eigenvalue weighted by Gasteiger charge is 2.26. The molecule has 14 aromatic heterocycles.